The van der Waals surface area contributed by atoms with Crippen LogP contribution < -0.4 is 16.3 Å². The Morgan fingerprint density at radius 1 is 1.53 bits per heavy atom. The van der Waals surface area contributed by atoms with Crippen LogP contribution in [0.1, 0.15) is 23.9 Å². The van der Waals surface area contributed by atoms with Gasteiger partial charge >= 0.3 is 5.63 Å². The minimum absolute atomic E-state index is 0.393. The fourth-order valence-corrected chi connectivity index (χ4v) is 1.23. The first-order valence-corrected chi connectivity index (χ1v) is 4.91. The highest BCUT2D eigenvalue weighted by molar-refractivity contribution is 5.14. The van der Waals surface area contributed by atoms with E-state index in [0.717, 1.165) is 13.0 Å². The van der Waals surface area contributed by atoms with E-state index in [0.29, 0.717) is 17.8 Å². The zero-order valence-corrected chi connectivity index (χ0v) is 8.96. The summed E-state index contributed by atoms with van der Waals surface area (Å²) in [7, 11) is 1.87. The molecule has 0 fully saturated rings. The predicted molar refractivity (Wildman–Crippen MR) is 55.6 cm³/mol. The van der Waals surface area contributed by atoms with Crippen LogP contribution in [0.15, 0.2) is 9.32 Å². The molecule has 4 N–H and O–H groups in total. The molecule has 86 valence electrons. The summed E-state index contributed by atoms with van der Waals surface area (Å²) in [6.45, 7) is 3.14. The number of nitrogens with one attached hydrogen (secondary N) is 3. The first kappa shape index (κ1) is 12.0. The third-order valence-corrected chi connectivity index (χ3v) is 2.18. The number of H-pyrrole nitrogens is 1. The number of aromatic nitrogens is 1. The average molecular weight is 215 g/mol. The van der Waals surface area contributed by atoms with Crippen LogP contribution >= 0.6 is 0 Å². The lowest BCUT2D eigenvalue weighted by molar-refractivity contribution is 0.129. The molecule has 0 aliphatic heterocycles. The molecule has 6 nitrogen and oxygen atoms in total. The molecule has 1 aromatic rings. The summed E-state index contributed by atoms with van der Waals surface area (Å²) in [5.74, 6) is 0. The van der Waals surface area contributed by atoms with Crippen molar-refractivity contribution in [2.45, 2.75) is 19.6 Å². The maximum atomic E-state index is 11.0. The van der Waals surface area contributed by atoms with Gasteiger partial charge in [-0.3, -0.25) is 5.32 Å². The van der Waals surface area contributed by atoms with E-state index >= 15 is 0 Å². The Kier molecular flexibility index (Phi) is 4.54. The molecule has 0 saturated carbocycles. The lowest BCUT2D eigenvalue weighted by atomic mass is 10.2. The van der Waals surface area contributed by atoms with Gasteiger partial charge in [-0.25, -0.2) is 9.95 Å². The number of aliphatic hydroxyl groups is 1. The van der Waals surface area contributed by atoms with Crippen LogP contribution in [0.4, 0.5) is 0 Å². The molecule has 0 radical (unpaired) electrons. The van der Waals surface area contributed by atoms with E-state index < -0.39 is 11.9 Å². The number of hydrogen-bond donors (Lipinski definition) is 4. The highest BCUT2D eigenvalue weighted by Crippen LogP contribution is 2.08. The van der Waals surface area contributed by atoms with E-state index in [1.54, 1.807) is 6.92 Å². The maximum absolute atomic E-state index is 11.0. The second-order valence-electron chi connectivity index (χ2n) is 3.34. The molecule has 0 amide bonds. The van der Waals surface area contributed by atoms with Crippen LogP contribution in [0.3, 0.4) is 0 Å². The first-order valence-electron chi connectivity index (χ1n) is 4.91. The predicted octanol–water partition coefficient (Wildman–Crippen LogP) is -0.534. The molecule has 0 bridgehead atoms. The van der Waals surface area contributed by atoms with Gasteiger partial charge in [-0.15, -0.1) is 0 Å². The number of rotatable bonds is 6. The Bertz CT molecular complexity index is 345. The van der Waals surface area contributed by atoms with Crippen LogP contribution in [0.2, 0.25) is 0 Å². The molecular formula is C9H17N3O3. The van der Waals surface area contributed by atoms with E-state index in [1.165, 1.54) is 0 Å². The Morgan fingerprint density at radius 2 is 2.27 bits per heavy atom. The van der Waals surface area contributed by atoms with E-state index in [-0.39, 0.29) is 0 Å². The molecular weight excluding hydrogens is 198 g/mol. The third-order valence-electron chi connectivity index (χ3n) is 2.18. The lowest BCUT2D eigenvalue weighted by Gasteiger charge is -2.10. The van der Waals surface area contributed by atoms with Crippen molar-refractivity contribution in [1.29, 1.82) is 0 Å². The Labute approximate surface area is 87.6 Å². The lowest BCUT2D eigenvalue weighted by Crippen LogP contribution is -2.25. The molecule has 1 unspecified atom stereocenters. The van der Waals surface area contributed by atoms with Gasteiger partial charge in [0.05, 0.1) is 5.56 Å². The van der Waals surface area contributed by atoms with Gasteiger partial charge in [0.1, 0.15) is 11.9 Å². The van der Waals surface area contributed by atoms with Crippen molar-refractivity contribution in [3.63, 3.8) is 0 Å². The van der Waals surface area contributed by atoms with Crippen molar-refractivity contribution in [3.8, 4) is 0 Å². The average Bonchev–Trinajstić information content (AvgIpc) is 2.55. The zero-order chi connectivity index (χ0) is 11.3. The minimum atomic E-state index is -0.881. The van der Waals surface area contributed by atoms with E-state index in [4.69, 9.17) is 0 Å². The van der Waals surface area contributed by atoms with Crippen molar-refractivity contribution in [1.82, 2.24) is 15.8 Å². The Morgan fingerprint density at radius 3 is 2.80 bits per heavy atom. The smallest absolute Gasteiger partial charge is 0.360 e. The standard InChI is InChI=1S/C9H17N3O3/c1-6-7(12-15-9(6)14)8(13)11-5-3-4-10-2/h8,10-13H,3-5H2,1-2H3. The van der Waals surface area contributed by atoms with Gasteiger partial charge in [-0.05, 0) is 33.5 Å². The zero-order valence-electron chi connectivity index (χ0n) is 8.96. The summed E-state index contributed by atoms with van der Waals surface area (Å²) < 4.78 is 4.55. The fourth-order valence-electron chi connectivity index (χ4n) is 1.23. The van der Waals surface area contributed by atoms with Crippen LogP contribution in [-0.2, 0) is 0 Å². The molecule has 6 heteroatoms. The van der Waals surface area contributed by atoms with Gasteiger partial charge in [0, 0.05) is 0 Å². The molecule has 1 heterocycles. The largest absolute Gasteiger partial charge is 0.373 e. The van der Waals surface area contributed by atoms with Gasteiger partial charge in [-0.2, -0.15) is 0 Å². The second-order valence-corrected chi connectivity index (χ2v) is 3.34. The van der Waals surface area contributed by atoms with E-state index in [2.05, 4.69) is 20.3 Å². The highest BCUT2D eigenvalue weighted by atomic mass is 16.5. The molecule has 0 saturated heterocycles. The van der Waals surface area contributed by atoms with Crippen LogP contribution in [0.25, 0.3) is 0 Å². The molecule has 0 aliphatic rings. The van der Waals surface area contributed by atoms with Gasteiger partial charge < -0.3 is 14.9 Å². The highest BCUT2D eigenvalue weighted by Gasteiger charge is 2.14. The molecule has 1 rings (SSSR count). The fraction of sp³-hybridized carbons (Fsp3) is 0.667. The second kappa shape index (κ2) is 5.69. The Hall–Kier alpha value is -1.11. The minimum Gasteiger partial charge on any atom is -0.373 e. The Balaban J connectivity index is 2.43. The molecule has 15 heavy (non-hydrogen) atoms. The van der Waals surface area contributed by atoms with Crippen molar-refractivity contribution in [2.24, 2.45) is 0 Å². The van der Waals surface area contributed by atoms with E-state index in [1.807, 2.05) is 7.05 Å². The van der Waals surface area contributed by atoms with Crippen molar-refractivity contribution in [3.05, 3.63) is 21.7 Å². The monoisotopic (exact) mass is 215 g/mol. The normalized spacial score (nSPS) is 13.0. The molecule has 1 atom stereocenters. The van der Waals surface area contributed by atoms with Crippen LogP contribution in [0, 0.1) is 6.92 Å². The van der Waals surface area contributed by atoms with Crippen LogP contribution in [0.5, 0.6) is 0 Å². The summed E-state index contributed by atoms with van der Waals surface area (Å²) in [6, 6.07) is 0. The van der Waals surface area contributed by atoms with Crippen molar-refractivity contribution >= 4 is 0 Å². The molecule has 0 aliphatic carbocycles. The quantitative estimate of drug-likeness (QED) is 0.378. The number of aromatic amines is 1. The third kappa shape index (κ3) is 3.19. The molecule has 0 spiro atoms. The van der Waals surface area contributed by atoms with Crippen molar-refractivity contribution in [2.75, 3.05) is 20.1 Å². The van der Waals surface area contributed by atoms with Gasteiger partial charge in [0.25, 0.3) is 0 Å². The van der Waals surface area contributed by atoms with Crippen molar-refractivity contribution < 1.29 is 9.63 Å². The van der Waals surface area contributed by atoms with Gasteiger partial charge in [0.15, 0.2) is 0 Å². The van der Waals surface area contributed by atoms with E-state index in [9.17, 15) is 9.90 Å². The number of aliphatic hydroxyl groups excluding tert-OH is 1. The summed E-state index contributed by atoms with van der Waals surface area (Å²) >= 11 is 0. The summed E-state index contributed by atoms with van der Waals surface area (Å²) in [5.41, 5.74) is 0.356. The summed E-state index contributed by atoms with van der Waals surface area (Å²) in [4.78, 5) is 11.0. The summed E-state index contributed by atoms with van der Waals surface area (Å²) in [5, 5.41) is 17.9. The molecule has 0 aromatic carbocycles. The number of hydrogen-bond acceptors (Lipinski definition) is 5. The van der Waals surface area contributed by atoms with Gasteiger partial charge in [-0.1, -0.05) is 0 Å². The van der Waals surface area contributed by atoms with Crippen LogP contribution in [-0.4, -0.2) is 30.4 Å². The van der Waals surface area contributed by atoms with Gasteiger partial charge in [0.2, 0.25) is 0 Å². The first-order chi connectivity index (χ1) is 7.16. The SMILES string of the molecule is CNCCCNC(O)c1[nH]oc(=O)c1C. The topological polar surface area (TPSA) is 90.3 Å². The summed E-state index contributed by atoms with van der Waals surface area (Å²) in [6.07, 6.45) is 0.0163. The molecule has 1 aromatic heterocycles. The maximum Gasteiger partial charge on any atom is 0.360 e.